The van der Waals surface area contributed by atoms with E-state index in [1.807, 2.05) is 0 Å². The van der Waals surface area contributed by atoms with Gasteiger partial charge in [0.15, 0.2) is 5.75 Å². The summed E-state index contributed by atoms with van der Waals surface area (Å²) < 4.78 is 50.3. The highest BCUT2D eigenvalue weighted by Gasteiger charge is 2.31. The third kappa shape index (κ3) is 3.86. The molecule has 9 heteroatoms. The van der Waals surface area contributed by atoms with Gasteiger partial charge in [-0.05, 0) is 29.3 Å². The molecule has 0 bridgehead atoms. The molecule has 6 nitrogen and oxygen atoms in total. The Kier molecular flexibility index (Phi) is 4.82. The minimum absolute atomic E-state index is 0.0386. The SMILES string of the molecule is COc1cc(-c2ccc(OC(F)(F)F)cc2)cc([N+](=O)[O-])c1OC. The average Bonchev–Trinajstić information content (AvgIpc) is 2.52. The fraction of sp³-hybridized carbons (Fsp3) is 0.200. The first-order chi connectivity index (χ1) is 11.2. The van der Waals surface area contributed by atoms with Crippen LogP contribution in [0.3, 0.4) is 0 Å². The van der Waals surface area contributed by atoms with Crippen LogP contribution < -0.4 is 14.2 Å². The zero-order chi connectivity index (χ0) is 17.9. The molecule has 0 fully saturated rings. The molecule has 0 amide bonds. The summed E-state index contributed by atoms with van der Waals surface area (Å²) in [5.41, 5.74) is 0.522. The summed E-state index contributed by atoms with van der Waals surface area (Å²) in [5, 5.41) is 11.2. The van der Waals surface area contributed by atoms with Crippen LogP contribution in [-0.4, -0.2) is 25.5 Å². The average molecular weight is 343 g/mol. The van der Waals surface area contributed by atoms with Crippen LogP contribution in [0.15, 0.2) is 36.4 Å². The number of hydrogen-bond donors (Lipinski definition) is 0. The van der Waals surface area contributed by atoms with E-state index in [1.165, 1.54) is 38.5 Å². The van der Waals surface area contributed by atoms with Gasteiger partial charge in [0.05, 0.1) is 19.1 Å². The standard InChI is InChI=1S/C15H12F3NO5/c1-22-13-8-10(7-12(19(20)21)14(13)23-2)9-3-5-11(6-4-9)24-15(16,17)18/h3-8H,1-2H3. The van der Waals surface area contributed by atoms with E-state index in [0.29, 0.717) is 11.1 Å². The molecule has 2 rings (SSSR count). The Labute approximate surface area is 134 Å². The number of nitro groups is 1. The van der Waals surface area contributed by atoms with Crippen LogP contribution in [0.1, 0.15) is 0 Å². The molecule has 0 unspecified atom stereocenters. The monoisotopic (exact) mass is 343 g/mol. The summed E-state index contributed by atoms with van der Waals surface area (Å²) in [6.07, 6.45) is -4.79. The molecule has 2 aromatic rings. The van der Waals surface area contributed by atoms with Crippen LogP contribution in [0.4, 0.5) is 18.9 Å². The van der Waals surface area contributed by atoms with Crippen LogP contribution in [0.25, 0.3) is 11.1 Å². The van der Waals surface area contributed by atoms with Crippen molar-refractivity contribution in [3.63, 3.8) is 0 Å². The van der Waals surface area contributed by atoms with Gasteiger partial charge in [-0.25, -0.2) is 0 Å². The van der Waals surface area contributed by atoms with Crippen LogP contribution in [0, 0.1) is 10.1 Å². The Morgan fingerprint density at radius 3 is 2.08 bits per heavy atom. The van der Waals surface area contributed by atoms with Crippen LogP contribution in [-0.2, 0) is 0 Å². The summed E-state index contributed by atoms with van der Waals surface area (Å²) in [6.45, 7) is 0. The molecule has 0 aliphatic rings. The Morgan fingerprint density at radius 2 is 1.62 bits per heavy atom. The van der Waals surface area contributed by atoms with E-state index in [4.69, 9.17) is 9.47 Å². The third-order valence-electron chi connectivity index (χ3n) is 3.08. The molecule has 0 saturated carbocycles. The van der Waals surface area contributed by atoms with E-state index >= 15 is 0 Å². The number of halogens is 3. The van der Waals surface area contributed by atoms with Gasteiger partial charge in [0.1, 0.15) is 5.75 Å². The summed E-state index contributed by atoms with van der Waals surface area (Å²) in [5.74, 6) is -0.290. The number of rotatable bonds is 5. The summed E-state index contributed by atoms with van der Waals surface area (Å²) in [4.78, 5) is 10.5. The Balaban J connectivity index is 2.45. The second-order valence-corrected chi connectivity index (χ2v) is 4.56. The maximum absolute atomic E-state index is 12.2. The second-order valence-electron chi connectivity index (χ2n) is 4.56. The van der Waals surface area contributed by atoms with E-state index in [-0.39, 0.29) is 22.9 Å². The van der Waals surface area contributed by atoms with Crippen molar-refractivity contribution in [2.75, 3.05) is 14.2 Å². The predicted octanol–water partition coefficient (Wildman–Crippen LogP) is 4.18. The van der Waals surface area contributed by atoms with E-state index in [0.717, 1.165) is 12.1 Å². The molecule has 128 valence electrons. The van der Waals surface area contributed by atoms with Gasteiger partial charge in [-0.3, -0.25) is 10.1 Å². The number of ether oxygens (including phenoxy) is 3. The highest BCUT2D eigenvalue weighted by atomic mass is 19.4. The third-order valence-corrected chi connectivity index (χ3v) is 3.08. The maximum Gasteiger partial charge on any atom is 0.573 e. The van der Waals surface area contributed by atoms with Crippen molar-refractivity contribution in [2.24, 2.45) is 0 Å². The number of nitro benzene ring substituents is 1. The van der Waals surface area contributed by atoms with E-state index in [9.17, 15) is 23.3 Å². The molecule has 0 radical (unpaired) electrons. The smallest absolute Gasteiger partial charge is 0.493 e. The number of alkyl halides is 3. The lowest BCUT2D eigenvalue weighted by Gasteiger charge is -2.12. The summed E-state index contributed by atoms with van der Waals surface area (Å²) in [6, 6.07) is 7.68. The Hall–Kier alpha value is -2.97. The minimum atomic E-state index is -4.79. The molecule has 0 saturated heterocycles. The Morgan fingerprint density at radius 1 is 1.00 bits per heavy atom. The molecule has 0 N–H and O–H groups in total. The minimum Gasteiger partial charge on any atom is -0.493 e. The van der Waals surface area contributed by atoms with E-state index in [1.54, 1.807) is 0 Å². The molecule has 0 spiro atoms. The largest absolute Gasteiger partial charge is 0.573 e. The predicted molar refractivity (Wildman–Crippen MR) is 78.3 cm³/mol. The molecule has 0 aliphatic carbocycles. The topological polar surface area (TPSA) is 70.8 Å². The molecule has 0 aromatic heterocycles. The fourth-order valence-electron chi connectivity index (χ4n) is 2.10. The summed E-state index contributed by atoms with van der Waals surface area (Å²) >= 11 is 0. The van der Waals surface area contributed by atoms with Crippen molar-refractivity contribution >= 4 is 5.69 Å². The molecule has 24 heavy (non-hydrogen) atoms. The summed E-state index contributed by atoms with van der Waals surface area (Å²) in [7, 11) is 2.60. The number of hydrogen-bond acceptors (Lipinski definition) is 5. The first-order valence-electron chi connectivity index (χ1n) is 6.51. The van der Waals surface area contributed by atoms with Gasteiger partial charge >= 0.3 is 12.0 Å². The normalized spacial score (nSPS) is 11.0. The molecular weight excluding hydrogens is 331 g/mol. The highest BCUT2D eigenvalue weighted by Crippen LogP contribution is 2.41. The van der Waals surface area contributed by atoms with Crippen molar-refractivity contribution in [3.05, 3.63) is 46.5 Å². The lowest BCUT2D eigenvalue weighted by atomic mass is 10.0. The van der Waals surface area contributed by atoms with Gasteiger partial charge < -0.3 is 14.2 Å². The van der Waals surface area contributed by atoms with Gasteiger partial charge in [-0.15, -0.1) is 13.2 Å². The molecule has 0 heterocycles. The van der Waals surface area contributed by atoms with Crippen molar-refractivity contribution in [3.8, 4) is 28.4 Å². The van der Waals surface area contributed by atoms with Gasteiger partial charge in [-0.2, -0.15) is 0 Å². The lowest BCUT2D eigenvalue weighted by Crippen LogP contribution is -2.16. The zero-order valence-corrected chi connectivity index (χ0v) is 12.6. The van der Waals surface area contributed by atoms with Crippen LogP contribution in [0.2, 0.25) is 0 Å². The Bertz CT molecular complexity index is 744. The molecule has 0 aliphatic heterocycles. The van der Waals surface area contributed by atoms with E-state index in [2.05, 4.69) is 4.74 Å². The van der Waals surface area contributed by atoms with Crippen LogP contribution >= 0.6 is 0 Å². The van der Waals surface area contributed by atoms with Gasteiger partial charge in [0.25, 0.3) is 0 Å². The molecule has 2 aromatic carbocycles. The quantitative estimate of drug-likeness (QED) is 0.602. The van der Waals surface area contributed by atoms with Gasteiger partial charge in [-0.1, -0.05) is 12.1 Å². The fourth-order valence-corrected chi connectivity index (χ4v) is 2.10. The molecular formula is C15H12F3NO5. The first kappa shape index (κ1) is 17.4. The first-order valence-corrected chi connectivity index (χ1v) is 6.51. The zero-order valence-electron chi connectivity index (χ0n) is 12.6. The molecule has 0 atom stereocenters. The number of benzene rings is 2. The number of methoxy groups -OCH3 is 2. The van der Waals surface area contributed by atoms with Gasteiger partial charge in [0.2, 0.25) is 5.75 Å². The van der Waals surface area contributed by atoms with Crippen molar-refractivity contribution < 1.29 is 32.3 Å². The lowest BCUT2D eigenvalue weighted by molar-refractivity contribution is -0.385. The second kappa shape index (κ2) is 6.65. The number of nitrogens with zero attached hydrogens (tertiary/aromatic N) is 1. The van der Waals surface area contributed by atoms with Gasteiger partial charge in [0, 0.05) is 6.07 Å². The van der Waals surface area contributed by atoms with Crippen LogP contribution in [0.5, 0.6) is 17.2 Å². The van der Waals surface area contributed by atoms with E-state index < -0.39 is 11.3 Å². The highest BCUT2D eigenvalue weighted by molar-refractivity contribution is 5.73. The maximum atomic E-state index is 12.2. The van der Waals surface area contributed by atoms with Crippen molar-refractivity contribution in [2.45, 2.75) is 6.36 Å². The van der Waals surface area contributed by atoms with Crippen molar-refractivity contribution in [1.29, 1.82) is 0 Å². The van der Waals surface area contributed by atoms with Crippen molar-refractivity contribution in [1.82, 2.24) is 0 Å².